The Labute approximate surface area is 95.4 Å². The zero-order valence-corrected chi connectivity index (χ0v) is 11.4. The summed E-state index contributed by atoms with van der Waals surface area (Å²) >= 11 is 0. The smallest absolute Gasteiger partial charge is 0.0125 e. The third-order valence-corrected chi connectivity index (χ3v) is 3.16. The molecule has 1 aliphatic heterocycles. The molecule has 0 spiro atoms. The second-order valence-corrected chi connectivity index (χ2v) is 6.90. The summed E-state index contributed by atoms with van der Waals surface area (Å²) in [5.74, 6) is 0.837. The lowest BCUT2D eigenvalue weighted by Crippen LogP contribution is -2.42. The van der Waals surface area contributed by atoms with Crippen LogP contribution in [0.4, 0.5) is 0 Å². The minimum absolute atomic E-state index is 0.259. The van der Waals surface area contributed by atoms with Gasteiger partial charge in [0.15, 0.2) is 0 Å². The predicted molar refractivity (Wildman–Crippen MR) is 67.2 cm³/mol. The minimum atomic E-state index is 0.259. The number of likely N-dealkylation sites (tertiary alicyclic amines) is 1. The lowest BCUT2D eigenvalue weighted by molar-refractivity contribution is 0.167. The van der Waals surface area contributed by atoms with Crippen molar-refractivity contribution in [1.82, 2.24) is 10.2 Å². The average molecular weight is 212 g/mol. The molecule has 1 saturated heterocycles. The van der Waals surface area contributed by atoms with Crippen LogP contribution in [0.2, 0.25) is 0 Å². The van der Waals surface area contributed by atoms with Gasteiger partial charge in [-0.05, 0) is 67.0 Å². The highest BCUT2D eigenvalue weighted by molar-refractivity contribution is 4.86. The Morgan fingerprint density at radius 2 is 1.73 bits per heavy atom. The fourth-order valence-electron chi connectivity index (χ4n) is 2.06. The van der Waals surface area contributed by atoms with Crippen LogP contribution in [0.1, 0.15) is 48.0 Å². The third-order valence-electron chi connectivity index (χ3n) is 3.16. The van der Waals surface area contributed by atoms with Crippen LogP contribution in [-0.4, -0.2) is 35.6 Å². The summed E-state index contributed by atoms with van der Waals surface area (Å²) < 4.78 is 0. The van der Waals surface area contributed by atoms with Crippen molar-refractivity contribution >= 4 is 0 Å². The van der Waals surface area contributed by atoms with Crippen molar-refractivity contribution in [3.05, 3.63) is 0 Å². The molecule has 2 nitrogen and oxygen atoms in total. The van der Waals surface area contributed by atoms with E-state index in [1.807, 2.05) is 0 Å². The zero-order valence-electron chi connectivity index (χ0n) is 11.4. The SMILES string of the molecule is CC(C)(C)NCC1CCN(C(C)(C)C)C1. The van der Waals surface area contributed by atoms with Crippen molar-refractivity contribution in [2.75, 3.05) is 19.6 Å². The molecule has 1 N–H and O–H groups in total. The first-order valence-electron chi connectivity index (χ1n) is 6.18. The van der Waals surface area contributed by atoms with E-state index in [-0.39, 0.29) is 5.54 Å². The van der Waals surface area contributed by atoms with Crippen molar-refractivity contribution in [1.29, 1.82) is 0 Å². The Morgan fingerprint density at radius 1 is 1.13 bits per heavy atom. The predicted octanol–water partition coefficient (Wildman–Crippen LogP) is 2.49. The number of rotatable bonds is 2. The molecule has 15 heavy (non-hydrogen) atoms. The molecular formula is C13H28N2. The van der Waals surface area contributed by atoms with E-state index in [4.69, 9.17) is 0 Å². The molecule has 1 heterocycles. The Balaban J connectivity index is 2.31. The minimum Gasteiger partial charge on any atom is -0.312 e. The van der Waals surface area contributed by atoms with Gasteiger partial charge in [-0.25, -0.2) is 0 Å². The maximum atomic E-state index is 3.61. The normalized spacial score (nSPS) is 24.8. The van der Waals surface area contributed by atoms with Gasteiger partial charge in [0.2, 0.25) is 0 Å². The number of hydrogen-bond donors (Lipinski definition) is 1. The fourth-order valence-corrected chi connectivity index (χ4v) is 2.06. The van der Waals surface area contributed by atoms with Gasteiger partial charge < -0.3 is 5.32 Å². The molecule has 0 aromatic carbocycles. The van der Waals surface area contributed by atoms with Crippen LogP contribution in [-0.2, 0) is 0 Å². The van der Waals surface area contributed by atoms with Crippen molar-refractivity contribution in [2.24, 2.45) is 5.92 Å². The lowest BCUT2D eigenvalue weighted by atomic mass is 10.0. The van der Waals surface area contributed by atoms with Crippen LogP contribution in [0.15, 0.2) is 0 Å². The lowest BCUT2D eigenvalue weighted by Gasteiger charge is -2.32. The molecule has 0 amide bonds. The van der Waals surface area contributed by atoms with E-state index in [0.29, 0.717) is 5.54 Å². The highest BCUT2D eigenvalue weighted by Crippen LogP contribution is 2.24. The first-order chi connectivity index (χ1) is 6.68. The highest BCUT2D eigenvalue weighted by Gasteiger charge is 2.30. The van der Waals surface area contributed by atoms with Gasteiger partial charge in [0.25, 0.3) is 0 Å². The maximum absolute atomic E-state index is 3.61. The summed E-state index contributed by atoms with van der Waals surface area (Å²) in [6, 6.07) is 0. The molecule has 1 unspecified atom stereocenters. The molecule has 0 aromatic heterocycles. The van der Waals surface area contributed by atoms with Crippen molar-refractivity contribution < 1.29 is 0 Å². The number of nitrogens with zero attached hydrogens (tertiary/aromatic N) is 1. The van der Waals surface area contributed by atoms with E-state index in [1.54, 1.807) is 0 Å². The molecule has 1 rings (SSSR count). The summed E-state index contributed by atoms with van der Waals surface area (Å²) in [4.78, 5) is 2.60. The standard InChI is InChI=1S/C13H28N2/c1-12(2,3)14-9-11-7-8-15(10-11)13(4,5)6/h11,14H,7-10H2,1-6H3. The molecule has 0 aromatic rings. The van der Waals surface area contributed by atoms with Crippen LogP contribution in [0, 0.1) is 5.92 Å². The first-order valence-corrected chi connectivity index (χ1v) is 6.18. The maximum Gasteiger partial charge on any atom is 0.0125 e. The third kappa shape index (κ3) is 4.52. The molecule has 90 valence electrons. The molecular weight excluding hydrogens is 184 g/mol. The molecule has 2 heteroatoms. The number of nitrogens with one attached hydrogen (secondary N) is 1. The molecule has 0 radical (unpaired) electrons. The van der Waals surface area contributed by atoms with E-state index in [1.165, 1.54) is 19.5 Å². The molecule has 0 saturated carbocycles. The van der Waals surface area contributed by atoms with E-state index in [0.717, 1.165) is 12.5 Å². The summed E-state index contributed by atoms with van der Waals surface area (Å²) in [7, 11) is 0. The first kappa shape index (κ1) is 13.0. The Hall–Kier alpha value is -0.0800. The van der Waals surface area contributed by atoms with Gasteiger partial charge in [0.05, 0.1) is 0 Å². The average Bonchev–Trinajstić information content (AvgIpc) is 2.45. The second kappa shape index (κ2) is 4.42. The molecule has 0 aliphatic carbocycles. The quantitative estimate of drug-likeness (QED) is 0.756. The Bertz CT molecular complexity index is 198. The molecule has 1 atom stereocenters. The Morgan fingerprint density at radius 3 is 2.13 bits per heavy atom. The van der Waals surface area contributed by atoms with E-state index in [2.05, 4.69) is 51.8 Å². The van der Waals surface area contributed by atoms with Crippen LogP contribution in [0.25, 0.3) is 0 Å². The largest absolute Gasteiger partial charge is 0.312 e. The molecule has 0 bridgehead atoms. The highest BCUT2D eigenvalue weighted by atomic mass is 15.2. The van der Waals surface area contributed by atoms with Crippen LogP contribution < -0.4 is 5.32 Å². The molecule has 1 aliphatic rings. The van der Waals surface area contributed by atoms with Gasteiger partial charge in [-0.2, -0.15) is 0 Å². The zero-order chi connectivity index (χ0) is 11.7. The van der Waals surface area contributed by atoms with Gasteiger partial charge in [-0.3, -0.25) is 4.90 Å². The van der Waals surface area contributed by atoms with Gasteiger partial charge in [0.1, 0.15) is 0 Å². The summed E-state index contributed by atoms with van der Waals surface area (Å²) in [6.45, 7) is 17.3. The summed E-state index contributed by atoms with van der Waals surface area (Å²) in [6.07, 6.45) is 1.35. The Kier molecular flexibility index (Phi) is 3.83. The monoisotopic (exact) mass is 212 g/mol. The van der Waals surface area contributed by atoms with Gasteiger partial charge in [-0.1, -0.05) is 0 Å². The van der Waals surface area contributed by atoms with E-state index in [9.17, 15) is 0 Å². The van der Waals surface area contributed by atoms with Crippen LogP contribution in [0.3, 0.4) is 0 Å². The van der Waals surface area contributed by atoms with E-state index < -0.39 is 0 Å². The second-order valence-electron chi connectivity index (χ2n) is 6.90. The van der Waals surface area contributed by atoms with Crippen LogP contribution in [0.5, 0.6) is 0 Å². The molecule has 1 fully saturated rings. The van der Waals surface area contributed by atoms with Gasteiger partial charge in [-0.15, -0.1) is 0 Å². The number of hydrogen-bond acceptors (Lipinski definition) is 2. The van der Waals surface area contributed by atoms with Crippen molar-refractivity contribution in [2.45, 2.75) is 59.0 Å². The van der Waals surface area contributed by atoms with Gasteiger partial charge >= 0.3 is 0 Å². The van der Waals surface area contributed by atoms with E-state index >= 15 is 0 Å². The van der Waals surface area contributed by atoms with Crippen molar-refractivity contribution in [3.8, 4) is 0 Å². The summed E-state index contributed by atoms with van der Waals surface area (Å²) in [5, 5.41) is 3.61. The van der Waals surface area contributed by atoms with Gasteiger partial charge in [0, 0.05) is 17.6 Å². The summed E-state index contributed by atoms with van der Waals surface area (Å²) in [5.41, 5.74) is 0.603. The van der Waals surface area contributed by atoms with Crippen molar-refractivity contribution in [3.63, 3.8) is 0 Å². The fraction of sp³-hybridized carbons (Fsp3) is 1.00. The topological polar surface area (TPSA) is 15.3 Å². The van der Waals surface area contributed by atoms with Crippen LogP contribution >= 0.6 is 0 Å².